The molecule has 0 spiro atoms. The largest absolute Gasteiger partial charge is 0.344 e. The van der Waals surface area contributed by atoms with Crippen molar-refractivity contribution in [2.75, 3.05) is 26.7 Å². The number of piperidine rings is 1. The highest BCUT2D eigenvalue weighted by atomic mass is 16.2. The minimum Gasteiger partial charge on any atom is -0.344 e. The maximum Gasteiger partial charge on any atom is 0.245 e. The fourth-order valence-electron chi connectivity index (χ4n) is 5.62. The van der Waals surface area contributed by atoms with Crippen molar-refractivity contribution in [1.82, 2.24) is 15.5 Å². The Morgan fingerprint density at radius 1 is 0.846 bits per heavy atom. The van der Waals surface area contributed by atoms with Crippen LogP contribution in [0.25, 0.3) is 21.5 Å². The molecule has 6 nitrogen and oxygen atoms in total. The van der Waals surface area contributed by atoms with Crippen LogP contribution in [-0.4, -0.2) is 55.5 Å². The van der Waals surface area contributed by atoms with Crippen molar-refractivity contribution >= 4 is 33.4 Å². The minimum atomic E-state index is -0.663. The summed E-state index contributed by atoms with van der Waals surface area (Å²) in [7, 11) is 1.81. The Morgan fingerprint density at radius 2 is 1.38 bits per heavy atom. The first-order valence-corrected chi connectivity index (χ1v) is 13.9. The lowest BCUT2D eigenvalue weighted by molar-refractivity contribution is -0.138. The van der Waals surface area contributed by atoms with Crippen molar-refractivity contribution in [3.63, 3.8) is 0 Å². The maximum atomic E-state index is 14.0. The Morgan fingerprint density at radius 3 is 1.95 bits per heavy atom. The molecule has 4 N–H and O–H groups in total. The zero-order valence-corrected chi connectivity index (χ0v) is 22.6. The van der Waals surface area contributed by atoms with Gasteiger partial charge in [-0.3, -0.25) is 9.59 Å². The van der Waals surface area contributed by atoms with E-state index in [1.54, 1.807) is 4.90 Å². The van der Waals surface area contributed by atoms with E-state index in [0.29, 0.717) is 19.4 Å². The average molecular weight is 523 g/mol. The van der Waals surface area contributed by atoms with Gasteiger partial charge in [0.05, 0.1) is 0 Å². The van der Waals surface area contributed by atoms with Crippen molar-refractivity contribution in [2.24, 2.45) is 11.7 Å². The van der Waals surface area contributed by atoms with Crippen molar-refractivity contribution < 1.29 is 9.59 Å². The van der Waals surface area contributed by atoms with Gasteiger partial charge >= 0.3 is 0 Å². The molecular weight excluding hydrogens is 484 g/mol. The third-order valence-corrected chi connectivity index (χ3v) is 8.03. The molecule has 4 aromatic carbocycles. The molecule has 1 heterocycles. The molecule has 2 atom stereocenters. The van der Waals surface area contributed by atoms with Crippen molar-refractivity contribution in [3.8, 4) is 0 Å². The highest BCUT2D eigenvalue weighted by molar-refractivity contribution is 5.89. The number of rotatable bonds is 9. The molecular formula is C33H38N4O2. The van der Waals surface area contributed by atoms with Gasteiger partial charge in [-0.1, -0.05) is 84.9 Å². The molecule has 0 bridgehead atoms. The third-order valence-electron chi connectivity index (χ3n) is 8.03. The SMILES string of the molecule is CN(C(=O)C(Cc1ccc2ccccc2c1)NC(=O)C1CCNCC1)C(CN)Cc1ccc2ccccc2c1. The number of fused-ring (bicyclic) bond motifs is 2. The van der Waals surface area contributed by atoms with Gasteiger partial charge in [-0.25, -0.2) is 0 Å². The molecule has 0 aromatic heterocycles. The number of amides is 2. The van der Waals surface area contributed by atoms with Crippen molar-refractivity contribution in [2.45, 2.75) is 37.8 Å². The number of hydrogen-bond donors (Lipinski definition) is 3. The summed E-state index contributed by atoms with van der Waals surface area (Å²) in [5.74, 6) is -0.226. The van der Waals surface area contributed by atoms with E-state index in [0.717, 1.165) is 47.8 Å². The summed E-state index contributed by atoms with van der Waals surface area (Å²) in [5, 5.41) is 11.1. The van der Waals surface area contributed by atoms with Crippen LogP contribution in [0, 0.1) is 5.92 Å². The van der Waals surface area contributed by atoms with E-state index < -0.39 is 6.04 Å². The standard InChI is InChI=1S/C33H38N4O2/c1-37(30(22-34)20-23-10-12-25-6-2-4-8-28(25)18-23)33(39)31(36-32(38)27-14-16-35-17-15-27)21-24-11-13-26-7-3-5-9-29(26)19-24/h2-13,18-19,27,30-31,35H,14-17,20-22,34H2,1H3,(H,36,38). The van der Waals surface area contributed by atoms with E-state index in [-0.39, 0.29) is 23.8 Å². The Balaban J connectivity index is 1.36. The van der Waals surface area contributed by atoms with Crippen LogP contribution in [0.1, 0.15) is 24.0 Å². The van der Waals surface area contributed by atoms with Crippen LogP contribution in [0.2, 0.25) is 0 Å². The van der Waals surface area contributed by atoms with Gasteiger partial charge in [0, 0.05) is 32.0 Å². The Labute approximate surface area is 230 Å². The summed E-state index contributed by atoms with van der Waals surface area (Å²) < 4.78 is 0. The molecule has 6 heteroatoms. The lowest BCUT2D eigenvalue weighted by Gasteiger charge is -2.32. The lowest BCUT2D eigenvalue weighted by atomic mass is 9.95. The van der Waals surface area contributed by atoms with Gasteiger partial charge in [0.2, 0.25) is 11.8 Å². The number of nitrogens with two attached hydrogens (primary N) is 1. The predicted octanol–water partition coefficient (Wildman–Crippen LogP) is 4.05. The summed E-state index contributed by atoms with van der Waals surface area (Å²) in [4.78, 5) is 29.0. The zero-order chi connectivity index (χ0) is 27.2. The number of hydrogen-bond acceptors (Lipinski definition) is 4. The first kappa shape index (κ1) is 26.9. The molecule has 4 aromatic rings. The molecule has 0 aliphatic carbocycles. The first-order valence-electron chi connectivity index (χ1n) is 13.9. The van der Waals surface area contributed by atoms with E-state index in [1.807, 2.05) is 31.3 Å². The monoisotopic (exact) mass is 522 g/mol. The van der Waals surface area contributed by atoms with Crippen LogP contribution in [0.15, 0.2) is 84.9 Å². The van der Waals surface area contributed by atoms with Gasteiger partial charge in [0.1, 0.15) is 6.04 Å². The number of carbonyl (C=O) groups is 2. The number of likely N-dealkylation sites (N-methyl/N-ethyl adjacent to an activating group) is 1. The Hall–Kier alpha value is -3.74. The lowest BCUT2D eigenvalue weighted by Crippen LogP contribution is -2.54. The summed E-state index contributed by atoms with van der Waals surface area (Å²) >= 11 is 0. The molecule has 5 rings (SSSR count). The molecule has 1 aliphatic heterocycles. The number of benzene rings is 4. The van der Waals surface area contributed by atoms with Crippen LogP contribution < -0.4 is 16.4 Å². The smallest absolute Gasteiger partial charge is 0.245 e. The molecule has 0 radical (unpaired) electrons. The molecule has 39 heavy (non-hydrogen) atoms. The highest BCUT2D eigenvalue weighted by Crippen LogP contribution is 2.20. The maximum absolute atomic E-state index is 14.0. The summed E-state index contributed by atoms with van der Waals surface area (Å²) in [5.41, 5.74) is 8.37. The molecule has 2 amide bonds. The van der Waals surface area contributed by atoms with Gasteiger partial charge < -0.3 is 21.3 Å². The molecule has 202 valence electrons. The second-order valence-corrected chi connectivity index (χ2v) is 10.7. The second-order valence-electron chi connectivity index (χ2n) is 10.7. The zero-order valence-electron chi connectivity index (χ0n) is 22.6. The summed E-state index contributed by atoms with van der Waals surface area (Å²) in [6.45, 7) is 1.98. The minimum absolute atomic E-state index is 0.0390. The van der Waals surface area contributed by atoms with Crippen LogP contribution >= 0.6 is 0 Å². The van der Waals surface area contributed by atoms with E-state index >= 15 is 0 Å². The molecule has 0 saturated carbocycles. The van der Waals surface area contributed by atoms with E-state index in [4.69, 9.17) is 5.73 Å². The third kappa shape index (κ3) is 6.47. The first-order chi connectivity index (χ1) is 19.0. The second kappa shape index (κ2) is 12.4. The predicted molar refractivity (Wildman–Crippen MR) is 158 cm³/mol. The summed E-state index contributed by atoms with van der Waals surface area (Å²) in [6.07, 6.45) is 2.64. The van der Waals surface area contributed by atoms with Gasteiger partial charge in [-0.05, 0) is 65.0 Å². The van der Waals surface area contributed by atoms with Gasteiger partial charge in [0.15, 0.2) is 0 Å². The Bertz CT molecular complexity index is 1450. The van der Waals surface area contributed by atoms with E-state index in [1.165, 1.54) is 10.8 Å². The molecule has 1 saturated heterocycles. The van der Waals surface area contributed by atoms with Crippen molar-refractivity contribution in [1.29, 1.82) is 0 Å². The van der Waals surface area contributed by atoms with Gasteiger partial charge in [-0.2, -0.15) is 0 Å². The van der Waals surface area contributed by atoms with Gasteiger partial charge in [0.25, 0.3) is 0 Å². The summed E-state index contributed by atoms with van der Waals surface area (Å²) in [6, 6.07) is 28.2. The molecule has 1 aliphatic rings. The van der Waals surface area contributed by atoms with Crippen LogP contribution in [0.5, 0.6) is 0 Å². The Kier molecular flexibility index (Phi) is 8.54. The fourth-order valence-corrected chi connectivity index (χ4v) is 5.62. The number of carbonyl (C=O) groups excluding carboxylic acids is 2. The quantitative estimate of drug-likeness (QED) is 0.310. The van der Waals surface area contributed by atoms with Crippen molar-refractivity contribution in [3.05, 3.63) is 96.1 Å². The molecule has 2 unspecified atom stereocenters. The van der Waals surface area contributed by atoms with Gasteiger partial charge in [-0.15, -0.1) is 0 Å². The highest BCUT2D eigenvalue weighted by Gasteiger charge is 2.31. The van der Waals surface area contributed by atoms with Crippen LogP contribution in [0.4, 0.5) is 0 Å². The van der Waals surface area contributed by atoms with E-state index in [2.05, 4.69) is 71.3 Å². The normalized spacial score (nSPS) is 15.6. The number of nitrogens with one attached hydrogen (secondary N) is 2. The number of nitrogens with zero attached hydrogens (tertiary/aromatic N) is 1. The van der Waals surface area contributed by atoms with E-state index in [9.17, 15) is 9.59 Å². The fraction of sp³-hybridized carbons (Fsp3) is 0.333. The van der Waals surface area contributed by atoms with Crippen LogP contribution in [0.3, 0.4) is 0 Å². The molecule has 1 fully saturated rings. The van der Waals surface area contributed by atoms with Crippen LogP contribution in [-0.2, 0) is 22.4 Å². The average Bonchev–Trinajstić information content (AvgIpc) is 2.99. The topological polar surface area (TPSA) is 87.5 Å².